The molecule has 1 rings (SSSR count). The monoisotopic (exact) mass is 235 g/mol. The third-order valence-corrected chi connectivity index (χ3v) is 2.42. The third kappa shape index (κ3) is 4.14. The van der Waals surface area contributed by atoms with E-state index in [9.17, 15) is 9.59 Å². The molecule has 5 N–H and O–H groups in total. The number of primary amides is 1. The highest BCUT2D eigenvalue weighted by molar-refractivity contribution is 5.94. The minimum absolute atomic E-state index is 0.169. The first kappa shape index (κ1) is 13.0. The van der Waals surface area contributed by atoms with Gasteiger partial charge in [-0.25, -0.2) is 0 Å². The topological polar surface area (TPSA) is 98.2 Å². The van der Waals surface area contributed by atoms with Gasteiger partial charge in [0.25, 0.3) is 5.91 Å². The number of hydrogen-bond acceptors (Lipinski definition) is 3. The minimum Gasteiger partial charge on any atom is -0.399 e. The molecule has 0 fully saturated rings. The van der Waals surface area contributed by atoms with Gasteiger partial charge in [-0.05, 0) is 37.1 Å². The van der Waals surface area contributed by atoms with Gasteiger partial charge in [0.2, 0.25) is 5.91 Å². The molecule has 0 saturated heterocycles. The van der Waals surface area contributed by atoms with Gasteiger partial charge in [-0.2, -0.15) is 0 Å². The molecule has 5 heteroatoms. The largest absolute Gasteiger partial charge is 0.399 e. The van der Waals surface area contributed by atoms with Crippen LogP contribution in [0.25, 0.3) is 0 Å². The summed E-state index contributed by atoms with van der Waals surface area (Å²) in [4.78, 5) is 22.2. The fourth-order valence-corrected chi connectivity index (χ4v) is 1.38. The highest BCUT2D eigenvalue weighted by Gasteiger charge is 2.06. The average molecular weight is 235 g/mol. The average Bonchev–Trinajstić information content (AvgIpc) is 2.27. The lowest BCUT2D eigenvalue weighted by molar-refractivity contribution is -0.118. The molecule has 1 aromatic rings. The van der Waals surface area contributed by atoms with Crippen molar-refractivity contribution in [1.82, 2.24) is 5.32 Å². The van der Waals surface area contributed by atoms with E-state index in [1.165, 1.54) is 0 Å². The molecule has 92 valence electrons. The van der Waals surface area contributed by atoms with Gasteiger partial charge in [-0.3, -0.25) is 9.59 Å². The lowest BCUT2D eigenvalue weighted by atomic mass is 10.1. The molecular formula is C12H17N3O2. The lowest BCUT2D eigenvalue weighted by Gasteiger charge is -2.06. The van der Waals surface area contributed by atoms with Gasteiger partial charge in [0.1, 0.15) is 0 Å². The molecule has 0 aliphatic carbocycles. The van der Waals surface area contributed by atoms with Crippen LogP contribution in [0.4, 0.5) is 5.69 Å². The maximum Gasteiger partial charge on any atom is 0.251 e. The molecule has 17 heavy (non-hydrogen) atoms. The molecular weight excluding hydrogens is 218 g/mol. The van der Waals surface area contributed by atoms with Gasteiger partial charge in [0.05, 0.1) is 0 Å². The molecule has 0 heterocycles. The molecule has 5 nitrogen and oxygen atoms in total. The Hall–Kier alpha value is -2.04. The van der Waals surface area contributed by atoms with Gasteiger partial charge in [-0.15, -0.1) is 0 Å². The van der Waals surface area contributed by atoms with E-state index >= 15 is 0 Å². The Balaban J connectivity index is 2.47. The van der Waals surface area contributed by atoms with E-state index < -0.39 is 0 Å². The zero-order valence-corrected chi connectivity index (χ0v) is 9.82. The normalized spacial score (nSPS) is 9.94. The predicted octanol–water partition coefficient (Wildman–Crippen LogP) is 0.573. The maximum atomic E-state index is 11.7. The number of nitrogen functional groups attached to an aromatic ring is 1. The van der Waals surface area contributed by atoms with Crippen LogP contribution in [-0.4, -0.2) is 18.4 Å². The fourth-order valence-electron chi connectivity index (χ4n) is 1.38. The molecule has 0 unspecified atom stereocenters. The van der Waals surface area contributed by atoms with Crippen LogP contribution in [0.1, 0.15) is 28.8 Å². The number of amides is 2. The van der Waals surface area contributed by atoms with Crippen LogP contribution in [0.2, 0.25) is 0 Å². The van der Waals surface area contributed by atoms with Crippen LogP contribution in [0, 0.1) is 6.92 Å². The van der Waals surface area contributed by atoms with Crippen molar-refractivity contribution < 1.29 is 9.59 Å². The first-order chi connectivity index (χ1) is 8.00. The summed E-state index contributed by atoms with van der Waals surface area (Å²) in [5, 5.41) is 2.71. The predicted molar refractivity (Wildman–Crippen MR) is 66.4 cm³/mol. The number of nitrogens with two attached hydrogens (primary N) is 2. The molecule has 2 amide bonds. The summed E-state index contributed by atoms with van der Waals surface area (Å²) in [6.07, 6.45) is 0.829. The van der Waals surface area contributed by atoms with Crippen LogP contribution >= 0.6 is 0 Å². The number of rotatable bonds is 5. The summed E-state index contributed by atoms with van der Waals surface area (Å²) >= 11 is 0. The van der Waals surface area contributed by atoms with Gasteiger partial charge in [0.15, 0.2) is 0 Å². The molecule has 1 aromatic carbocycles. The van der Waals surface area contributed by atoms with Crippen molar-refractivity contribution in [2.24, 2.45) is 5.73 Å². The minimum atomic E-state index is -0.359. The van der Waals surface area contributed by atoms with E-state index in [1.54, 1.807) is 18.2 Å². The van der Waals surface area contributed by atoms with Crippen molar-refractivity contribution in [2.75, 3.05) is 12.3 Å². The van der Waals surface area contributed by atoms with E-state index in [1.807, 2.05) is 6.92 Å². The number of aryl methyl sites for hydroxylation is 1. The fraction of sp³-hybridized carbons (Fsp3) is 0.333. The zero-order chi connectivity index (χ0) is 12.8. The number of carbonyl (C=O) groups is 2. The van der Waals surface area contributed by atoms with Crippen molar-refractivity contribution in [1.29, 1.82) is 0 Å². The van der Waals surface area contributed by atoms with Gasteiger partial charge >= 0.3 is 0 Å². The molecule has 0 aromatic heterocycles. The highest BCUT2D eigenvalue weighted by Crippen LogP contribution is 2.12. The zero-order valence-electron chi connectivity index (χ0n) is 9.82. The first-order valence-electron chi connectivity index (χ1n) is 5.43. The quantitative estimate of drug-likeness (QED) is 0.514. The molecule has 0 spiro atoms. The Morgan fingerprint density at radius 3 is 2.65 bits per heavy atom. The second kappa shape index (κ2) is 5.89. The lowest BCUT2D eigenvalue weighted by Crippen LogP contribution is -2.25. The second-order valence-corrected chi connectivity index (χ2v) is 3.90. The Bertz CT molecular complexity index is 430. The van der Waals surface area contributed by atoms with Gasteiger partial charge in [-0.1, -0.05) is 0 Å². The Morgan fingerprint density at radius 1 is 1.35 bits per heavy atom. The van der Waals surface area contributed by atoms with Crippen LogP contribution in [0.15, 0.2) is 18.2 Å². The summed E-state index contributed by atoms with van der Waals surface area (Å²) in [5.41, 5.74) is 12.8. The second-order valence-electron chi connectivity index (χ2n) is 3.90. The molecule has 0 aliphatic rings. The van der Waals surface area contributed by atoms with Crippen molar-refractivity contribution in [2.45, 2.75) is 19.8 Å². The van der Waals surface area contributed by atoms with E-state index in [0.717, 1.165) is 5.56 Å². The highest BCUT2D eigenvalue weighted by atomic mass is 16.2. The van der Waals surface area contributed by atoms with Crippen LogP contribution in [0.5, 0.6) is 0 Å². The summed E-state index contributed by atoms with van der Waals surface area (Å²) < 4.78 is 0. The summed E-state index contributed by atoms with van der Waals surface area (Å²) in [6.45, 7) is 2.28. The Morgan fingerprint density at radius 2 is 2.06 bits per heavy atom. The first-order valence-corrected chi connectivity index (χ1v) is 5.43. The Labute approximate surface area is 100 Å². The standard InChI is InChI=1S/C12H17N3O2/c1-8-7-9(4-5-10(8)13)12(17)15-6-2-3-11(14)16/h4-5,7H,2-3,6,13H2,1H3,(H2,14,16)(H,15,17). The van der Waals surface area contributed by atoms with Crippen molar-refractivity contribution >= 4 is 17.5 Å². The molecule has 0 radical (unpaired) electrons. The van der Waals surface area contributed by atoms with Crippen molar-refractivity contribution in [3.8, 4) is 0 Å². The van der Waals surface area contributed by atoms with Crippen molar-refractivity contribution in [3.05, 3.63) is 29.3 Å². The number of carbonyl (C=O) groups excluding carboxylic acids is 2. The molecule has 0 atom stereocenters. The molecule has 0 bridgehead atoms. The van der Waals surface area contributed by atoms with E-state index in [-0.39, 0.29) is 18.2 Å². The van der Waals surface area contributed by atoms with E-state index in [2.05, 4.69) is 5.32 Å². The smallest absolute Gasteiger partial charge is 0.251 e. The third-order valence-electron chi connectivity index (χ3n) is 2.42. The number of benzene rings is 1. The SMILES string of the molecule is Cc1cc(C(=O)NCCCC(N)=O)ccc1N. The van der Waals surface area contributed by atoms with Crippen LogP contribution in [0.3, 0.4) is 0 Å². The van der Waals surface area contributed by atoms with Gasteiger partial charge < -0.3 is 16.8 Å². The number of anilines is 1. The molecule has 0 aliphatic heterocycles. The summed E-state index contributed by atoms with van der Waals surface area (Å²) in [7, 11) is 0. The van der Waals surface area contributed by atoms with E-state index in [4.69, 9.17) is 11.5 Å². The summed E-state index contributed by atoms with van der Waals surface area (Å²) in [6, 6.07) is 5.11. The number of nitrogens with one attached hydrogen (secondary N) is 1. The van der Waals surface area contributed by atoms with Crippen LogP contribution in [-0.2, 0) is 4.79 Å². The summed E-state index contributed by atoms with van der Waals surface area (Å²) in [5.74, 6) is -0.528. The van der Waals surface area contributed by atoms with E-state index in [0.29, 0.717) is 24.2 Å². The van der Waals surface area contributed by atoms with Crippen molar-refractivity contribution in [3.63, 3.8) is 0 Å². The molecule has 0 saturated carbocycles. The maximum absolute atomic E-state index is 11.7. The van der Waals surface area contributed by atoms with Crippen LogP contribution < -0.4 is 16.8 Å². The Kier molecular flexibility index (Phi) is 4.51. The number of hydrogen-bond donors (Lipinski definition) is 3. The van der Waals surface area contributed by atoms with Gasteiger partial charge in [0, 0.05) is 24.2 Å².